The average molecular weight is 503 g/mol. The monoisotopic (exact) mass is 502 g/mol. The third-order valence-corrected chi connectivity index (χ3v) is 7.21. The number of carbonyl (C=O) groups is 3. The van der Waals surface area contributed by atoms with Gasteiger partial charge < -0.3 is 25.9 Å². The summed E-state index contributed by atoms with van der Waals surface area (Å²) >= 11 is 0. The van der Waals surface area contributed by atoms with Crippen molar-refractivity contribution in [2.24, 2.45) is 22.2 Å². The van der Waals surface area contributed by atoms with E-state index in [1.54, 1.807) is 0 Å². The Morgan fingerprint density at radius 2 is 1.83 bits per heavy atom. The number of ketones is 1. The fourth-order valence-electron chi connectivity index (χ4n) is 5.47. The van der Waals surface area contributed by atoms with Crippen molar-refractivity contribution in [3.05, 3.63) is 47.0 Å². The van der Waals surface area contributed by atoms with Crippen molar-refractivity contribution in [1.29, 1.82) is 0 Å². The fraction of sp³-hybridized carbons (Fsp3) is 0.556. The third-order valence-electron chi connectivity index (χ3n) is 7.21. The second kappa shape index (κ2) is 12.3. The topological polar surface area (TPSA) is 160 Å². The molecule has 36 heavy (non-hydrogen) atoms. The number of aliphatic carboxylic acids is 2. The molecule has 0 bridgehead atoms. The summed E-state index contributed by atoms with van der Waals surface area (Å²) in [6, 6.07) is 6.23. The number of hydrogen-bond donors (Lipinski definition) is 4. The number of carbonyl (C=O) groups excluding carboxylic acids is 1. The van der Waals surface area contributed by atoms with Crippen LogP contribution in [0.15, 0.2) is 35.5 Å². The molecule has 2 aliphatic carbocycles. The van der Waals surface area contributed by atoms with Crippen LogP contribution in [0.5, 0.6) is 0 Å². The molecule has 9 heteroatoms. The molecule has 0 spiro atoms. The molecule has 1 fully saturated rings. The van der Waals surface area contributed by atoms with Crippen molar-refractivity contribution < 1.29 is 34.5 Å². The SMILES string of the molecule is CC(C)c1ccc2c(c1)C(=O)C(O)[C@H]1[C@](C)(/C=N/OCCCN)CCC[C@]21C.O=C(O)/C=C/C(=O)O. The summed E-state index contributed by atoms with van der Waals surface area (Å²) in [7, 11) is 0. The van der Waals surface area contributed by atoms with E-state index >= 15 is 0 Å². The summed E-state index contributed by atoms with van der Waals surface area (Å²) in [6.45, 7) is 9.57. The van der Waals surface area contributed by atoms with Gasteiger partial charge in [-0.1, -0.05) is 51.4 Å². The summed E-state index contributed by atoms with van der Waals surface area (Å²) in [5.74, 6) is -2.55. The molecular weight excluding hydrogens is 464 g/mol. The van der Waals surface area contributed by atoms with Gasteiger partial charge in [0, 0.05) is 29.0 Å². The zero-order valence-electron chi connectivity index (χ0n) is 21.4. The minimum Gasteiger partial charge on any atom is -0.478 e. The molecule has 0 amide bonds. The first kappa shape index (κ1) is 29.2. The van der Waals surface area contributed by atoms with Gasteiger partial charge in [-0.2, -0.15) is 0 Å². The molecule has 1 saturated carbocycles. The summed E-state index contributed by atoms with van der Waals surface area (Å²) in [5, 5.41) is 30.9. The van der Waals surface area contributed by atoms with Crippen LogP contribution in [0.2, 0.25) is 0 Å². The van der Waals surface area contributed by atoms with E-state index in [1.807, 2.05) is 12.3 Å². The number of benzene rings is 1. The smallest absolute Gasteiger partial charge is 0.328 e. The normalized spacial score (nSPS) is 27.4. The van der Waals surface area contributed by atoms with Gasteiger partial charge in [-0.3, -0.25) is 4.79 Å². The van der Waals surface area contributed by atoms with Crippen molar-refractivity contribution in [1.82, 2.24) is 0 Å². The number of rotatable bonds is 8. The molecule has 1 aromatic carbocycles. The van der Waals surface area contributed by atoms with Crippen LogP contribution in [-0.2, 0) is 19.8 Å². The van der Waals surface area contributed by atoms with Gasteiger partial charge in [0.1, 0.15) is 12.7 Å². The van der Waals surface area contributed by atoms with Gasteiger partial charge in [-0.15, -0.1) is 0 Å². The molecule has 0 heterocycles. The Kier molecular flexibility index (Phi) is 9.95. The summed E-state index contributed by atoms with van der Waals surface area (Å²) in [5.41, 5.74) is 7.71. The zero-order valence-corrected chi connectivity index (χ0v) is 21.4. The molecule has 3 rings (SSSR count). The molecule has 0 aliphatic heterocycles. The lowest BCUT2D eigenvalue weighted by Gasteiger charge is -2.55. The van der Waals surface area contributed by atoms with Gasteiger partial charge in [0.15, 0.2) is 5.78 Å². The average Bonchev–Trinajstić information content (AvgIpc) is 2.81. The first-order valence-corrected chi connectivity index (χ1v) is 12.2. The number of carboxylic acid groups (broad SMARTS) is 2. The quantitative estimate of drug-likeness (QED) is 0.182. The lowest BCUT2D eigenvalue weighted by Crippen LogP contribution is -2.58. The van der Waals surface area contributed by atoms with E-state index < -0.39 is 23.5 Å². The number of nitrogens with zero attached hydrogens (tertiary/aromatic N) is 1. The van der Waals surface area contributed by atoms with Crippen LogP contribution in [0.3, 0.4) is 0 Å². The number of aliphatic hydroxyl groups excluding tert-OH is 1. The molecule has 2 aliphatic rings. The van der Waals surface area contributed by atoms with Crippen molar-refractivity contribution >= 4 is 23.9 Å². The molecule has 9 nitrogen and oxygen atoms in total. The summed E-state index contributed by atoms with van der Waals surface area (Å²) < 4.78 is 0. The van der Waals surface area contributed by atoms with Crippen LogP contribution in [0.1, 0.15) is 80.8 Å². The van der Waals surface area contributed by atoms with Gasteiger partial charge >= 0.3 is 11.9 Å². The molecule has 0 aromatic heterocycles. The lowest BCUT2D eigenvalue weighted by atomic mass is 9.49. The molecule has 1 unspecified atom stereocenters. The van der Waals surface area contributed by atoms with Crippen LogP contribution in [-0.4, -0.2) is 58.5 Å². The zero-order chi connectivity index (χ0) is 27.1. The maximum absolute atomic E-state index is 13.2. The Labute approximate surface area is 212 Å². The molecule has 1 aromatic rings. The number of hydrogen-bond acceptors (Lipinski definition) is 7. The second-order valence-corrected chi connectivity index (χ2v) is 10.2. The van der Waals surface area contributed by atoms with E-state index in [1.165, 1.54) is 0 Å². The Morgan fingerprint density at radius 3 is 2.39 bits per heavy atom. The Hall–Kier alpha value is -3.04. The molecular formula is C27H38N2O7. The predicted octanol–water partition coefficient (Wildman–Crippen LogP) is 3.49. The number of carboxylic acids is 2. The van der Waals surface area contributed by atoms with Gasteiger partial charge in [-0.05, 0) is 54.3 Å². The Balaban J connectivity index is 0.000000493. The largest absolute Gasteiger partial charge is 0.478 e. The van der Waals surface area contributed by atoms with E-state index in [-0.39, 0.29) is 17.1 Å². The first-order valence-electron chi connectivity index (χ1n) is 12.2. The van der Waals surface area contributed by atoms with Crippen molar-refractivity contribution in [2.75, 3.05) is 13.2 Å². The highest BCUT2D eigenvalue weighted by Gasteiger charge is 2.57. The Morgan fingerprint density at radius 1 is 1.19 bits per heavy atom. The van der Waals surface area contributed by atoms with Gasteiger partial charge in [0.25, 0.3) is 0 Å². The maximum atomic E-state index is 13.2. The molecule has 198 valence electrons. The van der Waals surface area contributed by atoms with E-state index in [9.17, 15) is 19.5 Å². The van der Waals surface area contributed by atoms with E-state index in [0.29, 0.717) is 36.8 Å². The number of Topliss-reactive ketones (excluding diaryl/α,β-unsaturated/α-hetero) is 1. The van der Waals surface area contributed by atoms with Gasteiger partial charge in [-0.25, -0.2) is 9.59 Å². The third kappa shape index (κ3) is 6.59. The van der Waals surface area contributed by atoms with Gasteiger partial charge in [0.05, 0.1) is 6.21 Å². The van der Waals surface area contributed by atoms with Crippen LogP contribution < -0.4 is 5.73 Å². The number of fused-ring (bicyclic) bond motifs is 3. The van der Waals surface area contributed by atoms with E-state index in [0.717, 1.165) is 36.8 Å². The van der Waals surface area contributed by atoms with E-state index in [4.69, 9.17) is 20.8 Å². The first-order chi connectivity index (χ1) is 16.9. The van der Waals surface area contributed by atoms with Crippen molar-refractivity contribution in [3.8, 4) is 0 Å². The van der Waals surface area contributed by atoms with Crippen molar-refractivity contribution in [3.63, 3.8) is 0 Å². The van der Waals surface area contributed by atoms with Crippen molar-refractivity contribution in [2.45, 2.75) is 70.8 Å². The van der Waals surface area contributed by atoms with Crippen LogP contribution in [0, 0.1) is 11.3 Å². The van der Waals surface area contributed by atoms with E-state index in [2.05, 4.69) is 45.0 Å². The maximum Gasteiger partial charge on any atom is 0.328 e. The highest BCUT2D eigenvalue weighted by Crippen LogP contribution is 2.56. The number of nitrogens with two attached hydrogens (primary N) is 1. The highest BCUT2D eigenvalue weighted by atomic mass is 16.6. The Bertz CT molecular complexity index is 1000. The number of aliphatic hydroxyl groups is 1. The minimum atomic E-state index is -1.26. The summed E-state index contributed by atoms with van der Waals surface area (Å²) in [4.78, 5) is 37.6. The number of oxime groups is 1. The van der Waals surface area contributed by atoms with Crippen LogP contribution in [0.25, 0.3) is 0 Å². The minimum absolute atomic E-state index is 0.162. The molecule has 4 atom stereocenters. The highest BCUT2D eigenvalue weighted by molar-refractivity contribution is 6.03. The van der Waals surface area contributed by atoms with Gasteiger partial charge in [0.2, 0.25) is 0 Å². The fourth-order valence-corrected chi connectivity index (χ4v) is 5.47. The molecule has 5 N–H and O–H groups in total. The predicted molar refractivity (Wildman–Crippen MR) is 136 cm³/mol. The lowest BCUT2D eigenvalue weighted by molar-refractivity contribution is -0.134. The standard InChI is InChI=1S/C23H34N2O3.C4H4O4/c1-15(2)16-7-8-18-17(13-16)19(26)20(27)21-22(3,9-5-10-23(18,21)4)14-25-28-12-6-11-24;5-3(6)1-2-4(7)8/h7-8,13-15,20-21,27H,5-6,9-12,24H2,1-4H3;1-2H,(H,5,6)(H,7,8)/b25-14+;2-1+/t20?,21-,22-,23+;/m0./s1. The van der Waals surface area contributed by atoms with Crippen LogP contribution >= 0.6 is 0 Å². The second-order valence-electron chi connectivity index (χ2n) is 10.2. The molecule has 0 radical (unpaired) electrons. The van der Waals surface area contributed by atoms with Crippen LogP contribution in [0.4, 0.5) is 0 Å². The molecule has 0 saturated heterocycles. The summed E-state index contributed by atoms with van der Waals surface area (Å²) in [6.07, 6.45) is 5.50.